The van der Waals surface area contributed by atoms with Crippen molar-refractivity contribution in [3.8, 4) is 0 Å². The lowest BCUT2D eigenvalue weighted by molar-refractivity contribution is 0.0937. The Kier molecular flexibility index (Phi) is 4.33. The van der Waals surface area contributed by atoms with Crippen LogP contribution in [0.2, 0.25) is 0 Å². The first-order valence-electron chi connectivity index (χ1n) is 6.22. The normalized spacial score (nSPS) is 13.2. The second-order valence-electron chi connectivity index (χ2n) is 5.89. The second kappa shape index (κ2) is 5.38. The molecule has 1 aromatic heterocycles. The molecule has 4 nitrogen and oxygen atoms in total. The highest BCUT2D eigenvalue weighted by Gasteiger charge is 2.21. The van der Waals surface area contributed by atoms with Crippen LogP contribution in [-0.4, -0.2) is 17.4 Å². The Bertz CT molecular complexity index is 435. The first-order valence-corrected chi connectivity index (χ1v) is 6.22. The van der Waals surface area contributed by atoms with Crippen LogP contribution in [0.5, 0.6) is 0 Å². The molecule has 4 heteroatoms. The summed E-state index contributed by atoms with van der Waals surface area (Å²) in [4.78, 5) is 16.1. The van der Waals surface area contributed by atoms with Gasteiger partial charge in [-0.3, -0.25) is 9.78 Å². The summed E-state index contributed by atoms with van der Waals surface area (Å²) in [7, 11) is 0. The minimum Gasteiger partial charge on any atom is -0.398 e. The van der Waals surface area contributed by atoms with Gasteiger partial charge in [0.25, 0.3) is 5.91 Å². The number of hydrogen-bond acceptors (Lipinski definition) is 3. The summed E-state index contributed by atoms with van der Waals surface area (Å²) in [5, 5.41) is 2.91. The summed E-state index contributed by atoms with van der Waals surface area (Å²) in [6.45, 7) is 11.1. The molecule has 1 heterocycles. The molecule has 1 unspecified atom stereocenters. The minimum atomic E-state index is -0.156. The third kappa shape index (κ3) is 3.72. The van der Waals surface area contributed by atoms with Crippen molar-refractivity contribution in [3.05, 3.63) is 23.5 Å². The molecule has 0 radical (unpaired) electrons. The predicted molar refractivity (Wildman–Crippen MR) is 74.3 cm³/mol. The van der Waals surface area contributed by atoms with Crippen molar-refractivity contribution in [3.63, 3.8) is 0 Å². The Morgan fingerprint density at radius 1 is 1.50 bits per heavy atom. The number of amides is 1. The van der Waals surface area contributed by atoms with Crippen molar-refractivity contribution < 1.29 is 4.79 Å². The number of aryl methyl sites for hydroxylation is 1. The van der Waals surface area contributed by atoms with Crippen LogP contribution in [0.1, 0.15) is 43.7 Å². The average Bonchev–Trinajstić information content (AvgIpc) is 2.24. The zero-order valence-electron chi connectivity index (χ0n) is 11.9. The molecule has 1 aromatic rings. The van der Waals surface area contributed by atoms with Crippen molar-refractivity contribution >= 4 is 11.6 Å². The molecule has 0 aliphatic carbocycles. The van der Waals surface area contributed by atoms with Gasteiger partial charge < -0.3 is 11.1 Å². The highest BCUT2D eigenvalue weighted by molar-refractivity contribution is 5.98. The van der Waals surface area contributed by atoms with Crippen LogP contribution >= 0.6 is 0 Å². The van der Waals surface area contributed by atoms with E-state index in [2.05, 4.69) is 38.0 Å². The number of anilines is 1. The van der Waals surface area contributed by atoms with E-state index in [4.69, 9.17) is 5.73 Å². The van der Waals surface area contributed by atoms with Crippen LogP contribution in [0.25, 0.3) is 0 Å². The van der Waals surface area contributed by atoms with Gasteiger partial charge >= 0.3 is 0 Å². The molecule has 1 atom stereocenters. The highest BCUT2D eigenvalue weighted by atomic mass is 16.1. The molecule has 1 rings (SSSR count). The number of carbonyl (C=O) groups is 1. The van der Waals surface area contributed by atoms with Crippen molar-refractivity contribution in [2.75, 3.05) is 12.3 Å². The molecule has 100 valence electrons. The van der Waals surface area contributed by atoms with E-state index < -0.39 is 0 Å². The summed E-state index contributed by atoms with van der Waals surface area (Å²) in [6.07, 6.45) is 1.53. The highest BCUT2D eigenvalue weighted by Crippen LogP contribution is 2.24. The summed E-state index contributed by atoms with van der Waals surface area (Å²) in [5.74, 6) is 0.234. The summed E-state index contributed by atoms with van der Waals surface area (Å²) in [5.41, 5.74) is 7.72. The van der Waals surface area contributed by atoms with E-state index in [0.29, 0.717) is 23.7 Å². The second-order valence-corrected chi connectivity index (χ2v) is 5.89. The fraction of sp³-hybridized carbons (Fsp3) is 0.571. The zero-order valence-corrected chi connectivity index (χ0v) is 11.9. The van der Waals surface area contributed by atoms with Crippen molar-refractivity contribution in [2.45, 2.75) is 34.6 Å². The van der Waals surface area contributed by atoms with E-state index >= 15 is 0 Å². The molecular formula is C14H23N3O. The Morgan fingerprint density at radius 2 is 2.11 bits per heavy atom. The van der Waals surface area contributed by atoms with Gasteiger partial charge in [0.2, 0.25) is 0 Å². The maximum atomic E-state index is 12.0. The molecule has 18 heavy (non-hydrogen) atoms. The van der Waals surface area contributed by atoms with Crippen LogP contribution in [0.15, 0.2) is 12.3 Å². The largest absolute Gasteiger partial charge is 0.398 e. The standard InChI is InChI=1S/C14H23N3O/c1-9(14(3,4)5)7-17-13(18)11-8-16-10(2)6-12(11)15/h6,8-9H,7H2,1-5H3,(H2,15,16)(H,17,18). The van der Waals surface area contributed by atoms with Gasteiger partial charge in [0.1, 0.15) is 0 Å². The summed E-state index contributed by atoms with van der Waals surface area (Å²) in [6, 6.07) is 1.71. The lowest BCUT2D eigenvalue weighted by atomic mass is 9.82. The Balaban J connectivity index is 2.66. The van der Waals surface area contributed by atoms with Crippen LogP contribution in [0.4, 0.5) is 5.69 Å². The molecule has 0 fully saturated rings. The number of pyridine rings is 1. The number of nitrogens with one attached hydrogen (secondary N) is 1. The average molecular weight is 249 g/mol. The molecular weight excluding hydrogens is 226 g/mol. The molecule has 3 N–H and O–H groups in total. The van der Waals surface area contributed by atoms with E-state index in [1.54, 1.807) is 6.07 Å². The van der Waals surface area contributed by atoms with Gasteiger partial charge in [-0.1, -0.05) is 27.7 Å². The van der Waals surface area contributed by atoms with E-state index in [1.165, 1.54) is 6.20 Å². The third-order valence-electron chi connectivity index (χ3n) is 3.36. The molecule has 0 aromatic carbocycles. The smallest absolute Gasteiger partial charge is 0.254 e. The predicted octanol–water partition coefficient (Wildman–Crippen LogP) is 2.38. The number of nitrogens with zero attached hydrogens (tertiary/aromatic N) is 1. The van der Waals surface area contributed by atoms with Gasteiger partial charge in [-0.15, -0.1) is 0 Å². The van der Waals surface area contributed by atoms with Crippen molar-refractivity contribution in [1.82, 2.24) is 10.3 Å². The SMILES string of the molecule is Cc1cc(N)c(C(=O)NCC(C)C(C)(C)C)cn1. The van der Waals surface area contributed by atoms with E-state index in [0.717, 1.165) is 5.69 Å². The first-order chi connectivity index (χ1) is 8.21. The third-order valence-corrected chi connectivity index (χ3v) is 3.36. The molecule has 0 saturated heterocycles. The van der Waals surface area contributed by atoms with E-state index in [-0.39, 0.29) is 11.3 Å². The quantitative estimate of drug-likeness (QED) is 0.864. The van der Waals surface area contributed by atoms with Gasteiger partial charge in [0.15, 0.2) is 0 Å². The molecule has 0 aliphatic rings. The van der Waals surface area contributed by atoms with Gasteiger partial charge in [0, 0.05) is 24.1 Å². The number of rotatable bonds is 3. The summed E-state index contributed by atoms with van der Waals surface area (Å²) >= 11 is 0. The van der Waals surface area contributed by atoms with Crippen molar-refractivity contribution in [2.24, 2.45) is 11.3 Å². The number of carbonyl (C=O) groups excluding carboxylic acids is 1. The maximum Gasteiger partial charge on any atom is 0.254 e. The molecule has 1 amide bonds. The molecule has 0 saturated carbocycles. The number of nitrogens with two attached hydrogens (primary N) is 1. The van der Waals surface area contributed by atoms with Crippen LogP contribution < -0.4 is 11.1 Å². The van der Waals surface area contributed by atoms with E-state index in [1.807, 2.05) is 6.92 Å². The number of nitrogen functional groups attached to an aromatic ring is 1. The Morgan fingerprint density at radius 3 is 2.61 bits per heavy atom. The van der Waals surface area contributed by atoms with Crippen LogP contribution in [0.3, 0.4) is 0 Å². The van der Waals surface area contributed by atoms with Crippen molar-refractivity contribution in [1.29, 1.82) is 0 Å². The lowest BCUT2D eigenvalue weighted by Gasteiger charge is -2.27. The van der Waals surface area contributed by atoms with Gasteiger partial charge in [0.05, 0.1) is 5.56 Å². The van der Waals surface area contributed by atoms with Crippen LogP contribution in [0, 0.1) is 18.3 Å². The molecule has 0 bridgehead atoms. The number of hydrogen-bond donors (Lipinski definition) is 2. The Labute approximate surface area is 109 Å². The van der Waals surface area contributed by atoms with Gasteiger partial charge in [-0.25, -0.2) is 0 Å². The minimum absolute atomic E-state index is 0.156. The van der Waals surface area contributed by atoms with Crippen LogP contribution in [-0.2, 0) is 0 Å². The monoisotopic (exact) mass is 249 g/mol. The van der Waals surface area contributed by atoms with E-state index in [9.17, 15) is 4.79 Å². The Hall–Kier alpha value is -1.58. The molecule has 0 aliphatic heterocycles. The summed E-state index contributed by atoms with van der Waals surface area (Å²) < 4.78 is 0. The fourth-order valence-corrected chi connectivity index (χ4v) is 1.42. The zero-order chi connectivity index (χ0) is 13.9. The molecule has 0 spiro atoms. The topological polar surface area (TPSA) is 68.0 Å². The maximum absolute atomic E-state index is 12.0. The van der Waals surface area contributed by atoms with Gasteiger partial charge in [-0.05, 0) is 24.3 Å². The first kappa shape index (κ1) is 14.5. The van der Waals surface area contributed by atoms with Gasteiger partial charge in [-0.2, -0.15) is 0 Å². The fourth-order valence-electron chi connectivity index (χ4n) is 1.42. The number of aromatic nitrogens is 1. The lowest BCUT2D eigenvalue weighted by Crippen LogP contribution is -2.34.